The van der Waals surface area contributed by atoms with Crippen LogP contribution in [0.25, 0.3) is 0 Å². The van der Waals surface area contributed by atoms with E-state index in [-0.39, 0.29) is 0 Å². The summed E-state index contributed by atoms with van der Waals surface area (Å²) in [5.74, 6) is 1.66. The van der Waals surface area contributed by atoms with Crippen LogP contribution in [-0.4, -0.2) is 16.2 Å². The molecule has 3 nitrogen and oxygen atoms in total. The van der Waals surface area contributed by atoms with Crippen LogP contribution in [0.15, 0.2) is 11.2 Å². The van der Waals surface area contributed by atoms with Crippen LogP contribution in [0.1, 0.15) is 35.8 Å². The molecule has 1 aromatic rings. The van der Waals surface area contributed by atoms with E-state index in [9.17, 15) is 0 Å². The largest absolute Gasteiger partial charge is 0.286 e. The van der Waals surface area contributed by atoms with Gasteiger partial charge in [0.05, 0.1) is 12.2 Å². The third kappa shape index (κ3) is 0.858. The molecule has 2 heterocycles. The Kier molecular flexibility index (Phi) is 1.11. The Hall–Kier alpha value is -1.25. The standard InChI is InChI=1S/C9H9N3/c1-2-6(1)9-11-4-7-3-10-5-8(7)12-9/h4-6H,1-3H2. The van der Waals surface area contributed by atoms with Gasteiger partial charge < -0.3 is 0 Å². The van der Waals surface area contributed by atoms with Gasteiger partial charge >= 0.3 is 0 Å². The lowest BCUT2D eigenvalue weighted by Crippen LogP contribution is -1.98. The van der Waals surface area contributed by atoms with Crippen molar-refractivity contribution in [2.45, 2.75) is 25.3 Å². The van der Waals surface area contributed by atoms with Gasteiger partial charge in [-0.15, -0.1) is 0 Å². The van der Waals surface area contributed by atoms with E-state index >= 15 is 0 Å². The van der Waals surface area contributed by atoms with Crippen molar-refractivity contribution in [3.63, 3.8) is 0 Å². The van der Waals surface area contributed by atoms with Crippen LogP contribution < -0.4 is 0 Å². The topological polar surface area (TPSA) is 38.1 Å². The second kappa shape index (κ2) is 2.12. The average molecular weight is 159 g/mol. The molecule has 1 saturated carbocycles. The van der Waals surface area contributed by atoms with Crippen LogP contribution in [0.2, 0.25) is 0 Å². The summed E-state index contributed by atoms with van der Waals surface area (Å²) in [6.45, 7) is 0.764. The van der Waals surface area contributed by atoms with Gasteiger partial charge in [-0.1, -0.05) is 0 Å². The number of aromatic nitrogens is 2. The normalized spacial score (nSPS) is 19.7. The highest BCUT2D eigenvalue weighted by atomic mass is 14.9. The van der Waals surface area contributed by atoms with E-state index in [4.69, 9.17) is 0 Å². The molecule has 1 aromatic heterocycles. The molecular formula is C9H9N3. The van der Waals surface area contributed by atoms with Crippen LogP contribution >= 0.6 is 0 Å². The Bertz CT molecular complexity index is 353. The molecule has 0 N–H and O–H groups in total. The molecule has 0 bridgehead atoms. The zero-order valence-electron chi connectivity index (χ0n) is 6.70. The smallest absolute Gasteiger partial charge is 0.132 e. The van der Waals surface area contributed by atoms with Gasteiger partial charge in [0.15, 0.2) is 0 Å². The van der Waals surface area contributed by atoms with Gasteiger partial charge in [0.2, 0.25) is 0 Å². The highest BCUT2D eigenvalue weighted by molar-refractivity contribution is 5.81. The van der Waals surface area contributed by atoms with E-state index in [2.05, 4.69) is 15.0 Å². The van der Waals surface area contributed by atoms with Gasteiger partial charge in [-0.05, 0) is 12.8 Å². The van der Waals surface area contributed by atoms with E-state index in [1.807, 2.05) is 12.4 Å². The highest BCUT2D eigenvalue weighted by Crippen LogP contribution is 2.38. The summed E-state index contributed by atoms with van der Waals surface area (Å²) in [4.78, 5) is 12.9. The Morgan fingerprint density at radius 2 is 2.25 bits per heavy atom. The molecule has 0 radical (unpaired) electrons. The van der Waals surface area contributed by atoms with Gasteiger partial charge in [0, 0.05) is 23.9 Å². The fourth-order valence-electron chi connectivity index (χ4n) is 1.44. The summed E-state index contributed by atoms with van der Waals surface area (Å²) in [6.07, 6.45) is 6.29. The number of hydrogen-bond donors (Lipinski definition) is 0. The Morgan fingerprint density at radius 1 is 1.33 bits per heavy atom. The maximum Gasteiger partial charge on any atom is 0.132 e. The highest BCUT2D eigenvalue weighted by Gasteiger charge is 2.27. The molecule has 1 aliphatic carbocycles. The quantitative estimate of drug-likeness (QED) is 0.619. The van der Waals surface area contributed by atoms with E-state index < -0.39 is 0 Å². The first-order valence-corrected chi connectivity index (χ1v) is 4.29. The molecule has 1 aliphatic heterocycles. The van der Waals surface area contributed by atoms with Crippen LogP contribution in [0.5, 0.6) is 0 Å². The van der Waals surface area contributed by atoms with Gasteiger partial charge in [-0.25, -0.2) is 9.97 Å². The van der Waals surface area contributed by atoms with E-state index in [0.717, 1.165) is 18.1 Å². The number of nitrogens with zero attached hydrogens (tertiary/aromatic N) is 3. The van der Waals surface area contributed by atoms with Crippen molar-refractivity contribution in [2.75, 3.05) is 0 Å². The third-order valence-corrected chi connectivity index (χ3v) is 2.33. The summed E-state index contributed by atoms with van der Waals surface area (Å²) in [6, 6.07) is 0. The summed E-state index contributed by atoms with van der Waals surface area (Å²) < 4.78 is 0. The molecule has 60 valence electrons. The molecule has 0 unspecified atom stereocenters. The molecule has 0 atom stereocenters. The van der Waals surface area contributed by atoms with Crippen LogP contribution in [0.3, 0.4) is 0 Å². The van der Waals surface area contributed by atoms with Crippen molar-refractivity contribution in [2.24, 2.45) is 4.99 Å². The number of rotatable bonds is 1. The van der Waals surface area contributed by atoms with Crippen LogP contribution in [0, 0.1) is 0 Å². The van der Waals surface area contributed by atoms with Crippen molar-refractivity contribution in [3.05, 3.63) is 23.3 Å². The second-order valence-corrected chi connectivity index (χ2v) is 3.38. The summed E-state index contributed by atoms with van der Waals surface area (Å²) in [7, 11) is 0. The number of fused-ring (bicyclic) bond motifs is 1. The monoisotopic (exact) mass is 159 g/mol. The molecule has 0 spiro atoms. The van der Waals surface area contributed by atoms with Crippen molar-refractivity contribution in [1.82, 2.24) is 9.97 Å². The zero-order chi connectivity index (χ0) is 7.97. The van der Waals surface area contributed by atoms with E-state index in [0.29, 0.717) is 5.92 Å². The molecule has 0 amide bonds. The fraction of sp³-hybridized carbons (Fsp3) is 0.444. The predicted octanol–water partition coefficient (Wildman–Crippen LogP) is 1.29. The molecule has 12 heavy (non-hydrogen) atoms. The van der Waals surface area contributed by atoms with Gasteiger partial charge in [-0.3, -0.25) is 4.99 Å². The zero-order valence-corrected chi connectivity index (χ0v) is 6.70. The Balaban J connectivity index is 2.08. The number of hydrogen-bond acceptors (Lipinski definition) is 3. The SMILES string of the molecule is C1=NCc2cnc(C3CC3)nc21. The fourth-order valence-corrected chi connectivity index (χ4v) is 1.44. The maximum atomic E-state index is 4.45. The molecular weight excluding hydrogens is 150 g/mol. The summed E-state index contributed by atoms with van der Waals surface area (Å²) in [5, 5.41) is 0. The van der Waals surface area contributed by atoms with E-state index in [1.54, 1.807) is 0 Å². The van der Waals surface area contributed by atoms with Gasteiger partial charge in [0.25, 0.3) is 0 Å². The van der Waals surface area contributed by atoms with Crippen molar-refractivity contribution in [3.8, 4) is 0 Å². The molecule has 0 aromatic carbocycles. The molecule has 3 rings (SSSR count). The average Bonchev–Trinajstić information content (AvgIpc) is 2.84. The van der Waals surface area contributed by atoms with Crippen LogP contribution in [0.4, 0.5) is 0 Å². The first-order valence-electron chi connectivity index (χ1n) is 4.29. The lowest BCUT2D eigenvalue weighted by atomic mass is 10.2. The van der Waals surface area contributed by atoms with Crippen molar-refractivity contribution >= 4 is 6.21 Å². The maximum absolute atomic E-state index is 4.45. The second-order valence-electron chi connectivity index (χ2n) is 3.38. The van der Waals surface area contributed by atoms with Crippen LogP contribution in [-0.2, 0) is 6.54 Å². The van der Waals surface area contributed by atoms with Crippen molar-refractivity contribution < 1.29 is 0 Å². The lowest BCUT2D eigenvalue weighted by molar-refractivity contribution is 0.905. The minimum atomic E-state index is 0.643. The summed E-state index contributed by atoms with van der Waals surface area (Å²) >= 11 is 0. The van der Waals surface area contributed by atoms with Gasteiger partial charge in [0.1, 0.15) is 5.82 Å². The Morgan fingerprint density at radius 3 is 3.08 bits per heavy atom. The molecule has 0 saturated heterocycles. The minimum absolute atomic E-state index is 0.643. The predicted molar refractivity (Wildman–Crippen MR) is 45.3 cm³/mol. The third-order valence-electron chi connectivity index (χ3n) is 2.33. The summed E-state index contributed by atoms with van der Waals surface area (Å²) in [5.41, 5.74) is 2.20. The first kappa shape index (κ1) is 6.29. The van der Waals surface area contributed by atoms with Crippen molar-refractivity contribution in [1.29, 1.82) is 0 Å². The molecule has 2 aliphatic rings. The molecule has 3 heteroatoms. The Labute approximate surface area is 70.6 Å². The minimum Gasteiger partial charge on any atom is -0.286 e. The molecule has 1 fully saturated rings. The van der Waals surface area contributed by atoms with Gasteiger partial charge in [-0.2, -0.15) is 0 Å². The first-order chi connectivity index (χ1) is 5.93. The van der Waals surface area contributed by atoms with E-state index in [1.165, 1.54) is 18.4 Å². The lowest BCUT2D eigenvalue weighted by Gasteiger charge is -1.98. The number of aliphatic imine (C=N–C) groups is 1.